The molecular weight excluding hydrogens is 182 g/mol. The summed E-state index contributed by atoms with van der Waals surface area (Å²) in [5, 5.41) is 0. The van der Waals surface area contributed by atoms with Gasteiger partial charge in [-0.2, -0.15) is 0 Å². The van der Waals surface area contributed by atoms with E-state index in [0.717, 1.165) is 0 Å². The fourth-order valence-electron chi connectivity index (χ4n) is 0. The molecule has 0 spiro atoms. The Balaban J connectivity index is 0. The second-order valence-corrected chi connectivity index (χ2v) is 0. The maximum Gasteiger partial charge on any atom is 3.00 e. The number of rotatable bonds is 0. The molecule has 0 rings (SSSR count). The summed E-state index contributed by atoms with van der Waals surface area (Å²) in [4.78, 5) is 0. The minimum absolute atomic E-state index is 0. The standard InChI is InChI=1S/FH.In.3H2O/h1H;;3*1H2/q;+3;;;/p-1. The van der Waals surface area contributed by atoms with Crippen LogP contribution >= 0.6 is 0 Å². The van der Waals surface area contributed by atoms with Crippen molar-refractivity contribution in [3.05, 3.63) is 0 Å². The monoisotopic (exact) mass is 188 g/mol. The van der Waals surface area contributed by atoms with E-state index in [0.29, 0.717) is 0 Å². The van der Waals surface area contributed by atoms with Crippen LogP contribution < -0.4 is 4.70 Å². The van der Waals surface area contributed by atoms with E-state index in [1.807, 2.05) is 0 Å². The van der Waals surface area contributed by atoms with Crippen molar-refractivity contribution >= 4 is 25.8 Å². The summed E-state index contributed by atoms with van der Waals surface area (Å²) >= 11 is 0. The summed E-state index contributed by atoms with van der Waals surface area (Å²) in [7, 11) is 0. The normalized spacial score (nSPS) is 0. The smallest absolute Gasteiger partial charge is 1.00 e. The third-order valence-corrected chi connectivity index (χ3v) is 0. The van der Waals surface area contributed by atoms with Crippen LogP contribution in [0.1, 0.15) is 0 Å². The third-order valence-electron chi connectivity index (χ3n) is 0. The minimum atomic E-state index is 0. The van der Waals surface area contributed by atoms with Gasteiger partial charge in [0.05, 0.1) is 0 Å². The molecule has 3 nitrogen and oxygen atoms in total. The topological polar surface area (TPSA) is 94.5 Å². The Labute approximate surface area is 47.4 Å². The van der Waals surface area contributed by atoms with Crippen LogP contribution in [0.4, 0.5) is 0 Å². The Morgan fingerprint density at radius 1 is 0.600 bits per heavy atom. The predicted molar refractivity (Wildman–Crippen MR) is 16.6 cm³/mol. The SMILES string of the molecule is O.O.O.[F-].[In+3]. The Morgan fingerprint density at radius 2 is 0.600 bits per heavy atom. The van der Waals surface area contributed by atoms with Crippen molar-refractivity contribution in [2.45, 2.75) is 0 Å². The molecule has 0 heterocycles. The van der Waals surface area contributed by atoms with Gasteiger partial charge in [0.2, 0.25) is 0 Å². The fourth-order valence-corrected chi connectivity index (χ4v) is 0. The molecule has 0 atom stereocenters. The summed E-state index contributed by atoms with van der Waals surface area (Å²) in [5.74, 6) is 0. The molecule has 6 N–H and O–H groups in total. The second kappa shape index (κ2) is 137. The average Bonchev–Trinajstić information content (AvgIpc) is 0. The quantitative estimate of drug-likeness (QED) is 0.362. The van der Waals surface area contributed by atoms with E-state index in [2.05, 4.69) is 0 Å². The predicted octanol–water partition coefficient (Wildman–Crippen LogP) is -5.85. The molecular formula is H6FInO3+2. The zero-order chi connectivity index (χ0) is 0. The van der Waals surface area contributed by atoms with Crippen LogP contribution in [0.2, 0.25) is 0 Å². The van der Waals surface area contributed by atoms with Crippen LogP contribution in [0.15, 0.2) is 0 Å². The molecule has 0 aromatic heterocycles. The molecule has 0 radical (unpaired) electrons. The Morgan fingerprint density at radius 3 is 0.600 bits per heavy atom. The van der Waals surface area contributed by atoms with Gasteiger partial charge in [-0.1, -0.05) is 0 Å². The van der Waals surface area contributed by atoms with Crippen LogP contribution in [0.25, 0.3) is 0 Å². The van der Waals surface area contributed by atoms with E-state index in [9.17, 15) is 0 Å². The second-order valence-electron chi connectivity index (χ2n) is 0. The van der Waals surface area contributed by atoms with Crippen molar-refractivity contribution in [1.29, 1.82) is 0 Å². The first-order chi connectivity index (χ1) is 0. The Bertz CT molecular complexity index is 6.85. The molecule has 0 saturated heterocycles. The summed E-state index contributed by atoms with van der Waals surface area (Å²) in [6.45, 7) is 0. The summed E-state index contributed by atoms with van der Waals surface area (Å²) in [5.41, 5.74) is 0. The first-order valence-electron chi connectivity index (χ1n) is 0. The van der Waals surface area contributed by atoms with Crippen molar-refractivity contribution in [2.75, 3.05) is 0 Å². The van der Waals surface area contributed by atoms with Gasteiger partial charge in [0.1, 0.15) is 0 Å². The zero-order valence-corrected chi connectivity index (χ0v) is 5.75. The Kier molecular flexibility index (Phi) is 7370. The summed E-state index contributed by atoms with van der Waals surface area (Å²) in [6.07, 6.45) is 0. The van der Waals surface area contributed by atoms with E-state index in [4.69, 9.17) is 0 Å². The van der Waals surface area contributed by atoms with Crippen LogP contribution in [0.3, 0.4) is 0 Å². The van der Waals surface area contributed by atoms with Gasteiger partial charge >= 0.3 is 25.8 Å². The first-order valence-corrected chi connectivity index (χ1v) is 0. The van der Waals surface area contributed by atoms with Crippen LogP contribution in [-0.4, -0.2) is 42.3 Å². The van der Waals surface area contributed by atoms with Gasteiger partial charge in [0.25, 0.3) is 0 Å². The van der Waals surface area contributed by atoms with Gasteiger partial charge in [-0.3, -0.25) is 0 Å². The zero-order valence-electron chi connectivity index (χ0n) is 2.46. The molecule has 32 valence electrons. The van der Waals surface area contributed by atoms with Gasteiger partial charge in [-0.15, -0.1) is 0 Å². The molecule has 0 unspecified atom stereocenters. The Hall–Kier alpha value is 0.680. The van der Waals surface area contributed by atoms with Gasteiger partial charge in [0, 0.05) is 0 Å². The number of hydrogen-bond donors (Lipinski definition) is 0. The minimum Gasteiger partial charge on any atom is -1.00 e. The van der Waals surface area contributed by atoms with Gasteiger partial charge in [-0.25, -0.2) is 0 Å². The van der Waals surface area contributed by atoms with Crippen molar-refractivity contribution in [2.24, 2.45) is 0 Å². The van der Waals surface area contributed by atoms with Gasteiger partial charge < -0.3 is 21.1 Å². The van der Waals surface area contributed by atoms with Crippen molar-refractivity contribution in [3.63, 3.8) is 0 Å². The average molecular weight is 188 g/mol. The van der Waals surface area contributed by atoms with Crippen molar-refractivity contribution in [3.8, 4) is 0 Å². The fraction of sp³-hybridized carbons (Fsp3) is 0. The van der Waals surface area contributed by atoms with E-state index in [1.165, 1.54) is 0 Å². The molecule has 0 aliphatic rings. The van der Waals surface area contributed by atoms with E-state index < -0.39 is 0 Å². The van der Waals surface area contributed by atoms with Gasteiger partial charge in [-0.05, 0) is 0 Å². The summed E-state index contributed by atoms with van der Waals surface area (Å²) < 4.78 is 0. The molecule has 5 heavy (non-hydrogen) atoms. The van der Waals surface area contributed by atoms with Gasteiger partial charge in [0.15, 0.2) is 0 Å². The van der Waals surface area contributed by atoms with Crippen LogP contribution in [0.5, 0.6) is 0 Å². The number of halogens is 1. The first kappa shape index (κ1) is 269. The molecule has 0 amide bonds. The molecule has 5 heteroatoms. The molecule has 0 saturated carbocycles. The summed E-state index contributed by atoms with van der Waals surface area (Å²) in [6, 6.07) is 0. The third kappa shape index (κ3) is 72.7. The van der Waals surface area contributed by atoms with E-state index in [-0.39, 0.29) is 47.0 Å². The maximum absolute atomic E-state index is 0. The molecule has 0 bridgehead atoms. The molecule has 0 aromatic rings. The van der Waals surface area contributed by atoms with Crippen LogP contribution in [0, 0.1) is 0 Å². The maximum atomic E-state index is 0. The van der Waals surface area contributed by atoms with E-state index in [1.54, 1.807) is 0 Å². The van der Waals surface area contributed by atoms with E-state index >= 15 is 0 Å². The molecule has 0 aromatic carbocycles. The van der Waals surface area contributed by atoms with Crippen molar-refractivity contribution in [1.82, 2.24) is 0 Å². The van der Waals surface area contributed by atoms with Crippen LogP contribution in [-0.2, 0) is 0 Å². The molecule has 0 aliphatic heterocycles. The molecule has 0 fully saturated rings. The van der Waals surface area contributed by atoms with Crippen molar-refractivity contribution < 1.29 is 21.1 Å². The molecule has 0 aliphatic carbocycles. The largest absolute Gasteiger partial charge is 3.00 e. The number of hydrogen-bond acceptors (Lipinski definition) is 0.